The van der Waals surface area contributed by atoms with Crippen molar-refractivity contribution in [3.8, 4) is 0 Å². The Labute approximate surface area is 404 Å². The number of aromatic nitrogens is 1. The third-order valence-electron chi connectivity index (χ3n) is 8.41. The third kappa shape index (κ3) is 41.0. The molecule has 7 atom stereocenters. The maximum absolute atomic E-state index is 10.6. The van der Waals surface area contributed by atoms with E-state index in [1.165, 1.54) is 6.92 Å². The molecule has 392 valence electrons. The van der Waals surface area contributed by atoms with Crippen molar-refractivity contribution in [1.29, 1.82) is 0 Å². The van der Waals surface area contributed by atoms with Crippen LogP contribution in [-0.4, -0.2) is 168 Å². The van der Waals surface area contributed by atoms with E-state index in [0.717, 1.165) is 47.4 Å². The van der Waals surface area contributed by atoms with Gasteiger partial charge >= 0.3 is 41.8 Å². The number of aliphatic carboxylic acids is 7. The molecule has 1 aromatic heterocycles. The van der Waals surface area contributed by atoms with Crippen molar-refractivity contribution in [3.63, 3.8) is 0 Å². The second kappa shape index (κ2) is 41.9. The Morgan fingerprint density at radius 3 is 1.44 bits per heavy atom. The number of carbonyl (C=O) groups is 7. The molecule has 1 saturated heterocycles. The maximum atomic E-state index is 10.6. The van der Waals surface area contributed by atoms with Gasteiger partial charge in [-0.25, -0.2) is 0 Å². The second-order valence-electron chi connectivity index (χ2n) is 15.0. The van der Waals surface area contributed by atoms with Gasteiger partial charge in [0.2, 0.25) is 0 Å². The van der Waals surface area contributed by atoms with Crippen LogP contribution in [0.3, 0.4) is 0 Å². The first-order valence-corrected chi connectivity index (χ1v) is 23.8. The van der Waals surface area contributed by atoms with Gasteiger partial charge in [0.1, 0.15) is 42.3 Å². The Morgan fingerprint density at radius 2 is 1.12 bits per heavy atom. The number of thioether (sulfide) groups is 2. The lowest BCUT2D eigenvalue weighted by atomic mass is 10.1. The number of carboxylic acid groups (broad SMARTS) is 7. The van der Waals surface area contributed by atoms with E-state index >= 15 is 0 Å². The molecule has 68 heavy (non-hydrogen) atoms. The van der Waals surface area contributed by atoms with Crippen LogP contribution in [0.15, 0.2) is 35.5 Å². The molecule has 25 nitrogen and oxygen atoms in total. The molecule has 0 saturated carbocycles. The number of aromatic amines is 1. The van der Waals surface area contributed by atoms with Gasteiger partial charge in [-0.3, -0.25) is 38.6 Å². The number of guanidine groups is 1. The van der Waals surface area contributed by atoms with Crippen molar-refractivity contribution in [2.24, 2.45) is 56.8 Å². The highest BCUT2D eigenvalue weighted by molar-refractivity contribution is 7.98. The summed E-state index contributed by atoms with van der Waals surface area (Å²) in [6.07, 6.45) is 10.4. The van der Waals surface area contributed by atoms with E-state index in [9.17, 15) is 33.6 Å². The number of para-hydroxylation sites is 1. The molecule has 25 N–H and O–H groups in total. The van der Waals surface area contributed by atoms with Gasteiger partial charge in [-0.05, 0) is 100.0 Å². The highest BCUT2D eigenvalue weighted by Gasteiger charge is 2.20. The molecule has 0 bridgehead atoms. The van der Waals surface area contributed by atoms with Crippen LogP contribution in [0.4, 0.5) is 0 Å². The molecule has 1 aliphatic heterocycles. The lowest BCUT2D eigenvalue weighted by molar-refractivity contribution is -0.139. The first-order chi connectivity index (χ1) is 31.6. The molecular weight excluding hydrogens is 935 g/mol. The number of carboxylic acids is 7. The minimum Gasteiger partial charge on any atom is -0.480 e. The van der Waals surface area contributed by atoms with Crippen LogP contribution < -0.4 is 51.2 Å². The first-order valence-electron chi connectivity index (χ1n) is 21.0. The zero-order valence-electron chi connectivity index (χ0n) is 39.4. The standard InChI is InChI=1S/C11H12N2O2.C6H14N4O2.C6H13NO2.2C5H11NO2S.C5H9NO2.C3H7NO2/c12-9(11(14)15)5-7-6-13-10-4-2-1-3-8(7)10;7-4(5(11)12)2-1-3-10-6(8)9;1-4(2)3-5(7)6(8)9;2*1-9-3-2-4(6)5(7)8;7-5(8)4-2-1-3-6-4;1-2(4)3(5)6/h1-4,6,9,13H,5,12H2,(H,14,15);4H,1-3,7H2,(H,11,12)(H4,8,9,10);4-5H,3,7H2,1-2H3,(H,8,9);2*4H,2-3,6H2,1H3,(H,7,8);4,6H,1-3H2,(H,7,8);2H,4H2,1H3,(H,5,6)/t9-;4-;5-;3*4-;2-/m0000000/s1. The van der Waals surface area contributed by atoms with Gasteiger partial charge in [0.15, 0.2) is 5.96 Å². The number of hydrogen-bond acceptors (Lipinski definition) is 17. The molecule has 0 aliphatic carbocycles. The van der Waals surface area contributed by atoms with E-state index in [2.05, 4.69) is 15.3 Å². The molecule has 1 aliphatic rings. The summed E-state index contributed by atoms with van der Waals surface area (Å²) in [6.45, 7) is 6.59. The average Bonchev–Trinajstić information content (AvgIpc) is 3.96. The number of nitrogens with zero attached hydrogens (tertiary/aromatic N) is 1. The molecule has 27 heteroatoms. The largest absolute Gasteiger partial charge is 0.480 e. The van der Waals surface area contributed by atoms with Gasteiger partial charge in [-0.2, -0.15) is 23.5 Å². The quantitative estimate of drug-likeness (QED) is 0.0428. The number of nitrogens with two attached hydrogens (primary N) is 8. The molecule has 3 rings (SSSR count). The minimum absolute atomic E-state index is 0.0129. The summed E-state index contributed by atoms with van der Waals surface area (Å²) in [7, 11) is 0. The smallest absolute Gasteiger partial charge is 0.320 e. The lowest BCUT2D eigenvalue weighted by Gasteiger charge is -2.07. The molecule has 0 radical (unpaired) electrons. The lowest BCUT2D eigenvalue weighted by Crippen LogP contribution is -2.32. The van der Waals surface area contributed by atoms with Crippen LogP contribution >= 0.6 is 23.5 Å². The number of H-pyrrole nitrogens is 1. The maximum Gasteiger partial charge on any atom is 0.320 e. The van der Waals surface area contributed by atoms with Crippen LogP contribution in [0.25, 0.3) is 10.9 Å². The minimum atomic E-state index is -1.00. The highest BCUT2D eigenvalue weighted by Crippen LogP contribution is 2.18. The van der Waals surface area contributed by atoms with Crippen molar-refractivity contribution < 1.29 is 69.3 Å². The van der Waals surface area contributed by atoms with Crippen LogP contribution in [-0.2, 0) is 40.0 Å². The van der Waals surface area contributed by atoms with Gasteiger partial charge in [0.05, 0.1) is 0 Å². The van der Waals surface area contributed by atoms with Crippen molar-refractivity contribution in [1.82, 2.24) is 10.3 Å². The first kappa shape index (κ1) is 69.3. The Morgan fingerprint density at radius 1 is 0.676 bits per heavy atom. The van der Waals surface area contributed by atoms with Gasteiger partial charge in [0.25, 0.3) is 0 Å². The number of fused-ring (bicyclic) bond motifs is 1. The fourth-order valence-corrected chi connectivity index (χ4v) is 5.49. The monoisotopic (exact) mass is 1010 g/mol. The van der Waals surface area contributed by atoms with E-state index in [-0.39, 0.29) is 12.0 Å². The Balaban J connectivity index is -0.000000358. The van der Waals surface area contributed by atoms with E-state index in [4.69, 9.17) is 81.6 Å². The number of nitrogens with one attached hydrogen (secondary N) is 2. The molecule has 2 aromatic rings. The highest BCUT2D eigenvalue weighted by atomic mass is 32.2. The molecule has 1 aromatic carbocycles. The molecular formula is C41H77N11O14S2. The second-order valence-corrected chi connectivity index (χ2v) is 17.0. The summed E-state index contributed by atoms with van der Waals surface area (Å²) in [5, 5.41) is 62.1. The average molecular weight is 1010 g/mol. The van der Waals surface area contributed by atoms with Crippen LogP contribution in [0.1, 0.15) is 71.3 Å². The molecule has 1 fully saturated rings. The van der Waals surface area contributed by atoms with Gasteiger partial charge in [-0.15, -0.1) is 0 Å². The SMILES string of the molecule is CC(C)C[C@H](N)C(=O)O.CSCC[C@H](N)C(=O)O.CSCC[C@H](N)C(=O)O.C[C@H](N)C(=O)O.NC(N)=NCCC[C@H](N)C(=O)O.N[C@@H](Cc1c[nH]c2ccccc12)C(=O)O.O=C(O)[C@@H]1CCCN1. The molecule has 0 spiro atoms. The normalized spacial score (nSPS) is 14.8. The predicted molar refractivity (Wildman–Crippen MR) is 265 cm³/mol. The predicted octanol–water partition coefficient (Wildman–Crippen LogP) is -0.437. The van der Waals surface area contributed by atoms with Crippen molar-refractivity contribution in [2.45, 2.75) is 114 Å². The van der Waals surface area contributed by atoms with Gasteiger partial charge < -0.3 is 91.9 Å². The zero-order valence-corrected chi connectivity index (χ0v) is 41.0. The molecule has 2 heterocycles. The Hall–Kier alpha value is -5.26. The molecule has 0 unspecified atom stereocenters. The topological polar surface area (TPSA) is 509 Å². The van der Waals surface area contributed by atoms with E-state index in [1.54, 1.807) is 23.5 Å². The van der Waals surface area contributed by atoms with Crippen LogP contribution in [0.5, 0.6) is 0 Å². The summed E-state index contributed by atoms with van der Waals surface area (Å²) < 4.78 is 0. The number of aliphatic imine (C=N–C) groups is 1. The third-order valence-corrected chi connectivity index (χ3v) is 9.70. The van der Waals surface area contributed by atoms with Crippen molar-refractivity contribution in [3.05, 3.63) is 36.0 Å². The van der Waals surface area contributed by atoms with Crippen molar-refractivity contribution >= 4 is 82.2 Å². The van der Waals surface area contributed by atoms with E-state index < -0.39 is 78.0 Å². The van der Waals surface area contributed by atoms with Crippen molar-refractivity contribution in [2.75, 3.05) is 37.1 Å². The van der Waals surface area contributed by atoms with Crippen LogP contribution in [0.2, 0.25) is 0 Å². The zero-order chi connectivity index (χ0) is 53.5. The number of rotatable bonds is 21. The molecule has 0 amide bonds. The van der Waals surface area contributed by atoms with E-state index in [0.29, 0.717) is 51.0 Å². The number of hydrogen-bond donors (Lipinski definition) is 17. The Bertz CT molecular complexity index is 1740. The summed E-state index contributed by atoms with van der Waals surface area (Å²) in [4.78, 5) is 77.6. The fraction of sp³-hybridized carbons (Fsp3) is 0.610. The number of benzene rings is 1. The van der Waals surface area contributed by atoms with Gasteiger partial charge in [-0.1, -0.05) is 32.0 Å². The summed E-state index contributed by atoms with van der Waals surface area (Å²) >= 11 is 3.21. The van der Waals surface area contributed by atoms with Crippen LogP contribution in [0, 0.1) is 5.92 Å². The summed E-state index contributed by atoms with van der Waals surface area (Å²) in [5.41, 5.74) is 43.2. The fourth-order valence-electron chi connectivity index (χ4n) is 4.51. The Kier molecular flexibility index (Phi) is 42.7. The summed E-state index contributed by atoms with van der Waals surface area (Å²) in [5.74, 6) is -4.40. The van der Waals surface area contributed by atoms with E-state index in [1.807, 2.05) is 56.8 Å². The van der Waals surface area contributed by atoms with Gasteiger partial charge in [0, 0.05) is 30.1 Å². The summed E-state index contributed by atoms with van der Waals surface area (Å²) in [6, 6.07) is 3.04.